The van der Waals surface area contributed by atoms with Crippen molar-refractivity contribution in [2.75, 3.05) is 0 Å². The predicted molar refractivity (Wildman–Crippen MR) is 70.2 cm³/mol. The van der Waals surface area contributed by atoms with E-state index >= 15 is 0 Å². The number of aliphatic carboxylic acids is 1. The van der Waals surface area contributed by atoms with Crippen LogP contribution in [-0.4, -0.2) is 21.0 Å². The Bertz CT molecular complexity index is 656. The standard InChI is InChI=1S/C13H10BrFN2O2/c14-6-1-2-10(15)9(3-6)11-5-16-12(17-11)7-4-8(7)13(18)19/h1-3,5,7-8H,4H2,(H,16,17)(H,18,19). The first kappa shape index (κ1) is 12.3. The molecule has 4 nitrogen and oxygen atoms in total. The molecule has 1 aromatic heterocycles. The van der Waals surface area contributed by atoms with Crippen LogP contribution >= 0.6 is 15.9 Å². The number of carboxylic acids is 1. The van der Waals surface area contributed by atoms with Gasteiger partial charge in [-0.2, -0.15) is 0 Å². The summed E-state index contributed by atoms with van der Waals surface area (Å²) in [5.74, 6) is -0.991. The van der Waals surface area contributed by atoms with E-state index in [1.807, 2.05) is 0 Å². The van der Waals surface area contributed by atoms with Gasteiger partial charge in [-0.25, -0.2) is 9.37 Å². The molecular weight excluding hydrogens is 315 g/mol. The molecule has 6 heteroatoms. The summed E-state index contributed by atoms with van der Waals surface area (Å²) >= 11 is 3.29. The van der Waals surface area contributed by atoms with E-state index in [-0.39, 0.29) is 17.7 Å². The molecule has 0 saturated heterocycles. The Morgan fingerprint density at radius 1 is 1.53 bits per heavy atom. The van der Waals surface area contributed by atoms with E-state index in [0.29, 0.717) is 23.5 Å². The minimum Gasteiger partial charge on any atom is -0.481 e. The van der Waals surface area contributed by atoms with Gasteiger partial charge in [0.2, 0.25) is 0 Å². The highest BCUT2D eigenvalue weighted by Gasteiger charge is 2.46. The van der Waals surface area contributed by atoms with Crippen molar-refractivity contribution in [3.63, 3.8) is 0 Å². The summed E-state index contributed by atoms with van der Waals surface area (Å²) in [5.41, 5.74) is 0.977. The van der Waals surface area contributed by atoms with Crippen LogP contribution in [0, 0.1) is 11.7 Å². The maximum Gasteiger partial charge on any atom is 0.307 e. The number of benzene rings is 1. The normalized spacial score (nSPS) is 21.4. The molecule has 0 amide bonds. The van der Waals surface area contributed by atoms with Crippen molar-refractivity contribution in [3.05, 3.63) is 40.5 Å². The number of halogens is 2. The van der Waals surface area contributed by atoms with E-state index in [0.717, 1.165) is 4.47 Å². The average molecular weight is 325 g/mol. The van der Waals surface area contributed by atoms with Gasteiger partial charge in [0.15, 0.2) is 0 Å². The van der Waals surface area contributed by atoms with Gasteiger partial charge in [-0.1, -0.05) is 15.9 Å². The number of rotatable bonds is 3. The molecule has 98 valence electrons. The van der Waals surface area contributed by atoms with Crippen molar-refractivity contribution < 1.29 is 14.3 Å². The Balaban J connectivity index is 1.90. The lowest BCUT2D eigenvalue weighted by atomic mass is 10.1. The summed E-state index contributed by atoms with van der Waals surface area (Å²) in [6, 6.07) is 4.66. The molecule has 0 bridgehead atoms. The van der Waals surface area contributed by atoms with Crippen molar-refractivity contribution in [1.29, 1.82) is 0 Å². The molecule has 2 atom stereocenters. The molecule has 1 aliphatic carbocycles. The predicted octanol–water partition coefficient (Wildman–Crippen LogP) is 3.17. The molecule has 1 fully saturated rings. The lowest BCUT2D eigenvalue weighted by Crippen LogP contribution is -1.99. The van der Waals surface area contributed by atoms with Crippen molar-refractivity contribution in [3.8, 4) is 11.3 Å². The molecule has 0 aliphatic heterocycles. The zero-order valence-electron chi connectivity index (χ0n) is 9.73. The van der Waals surface area contributed by atoms with Gasteiger partial charge in [0.05, 0.1) is 17.8 Å². The second kappa shape index (κ2) is 4.45. The van der Waals surface area contributed by atoms with Crippen LogP contribution in [0.25, 0.3) is 11.3 Å². The number of carboxylic acid groups (broad SMARTS) is 1. The van der Waals surface area contributed by atoms with E-state index < -0.39 is 5.97 Å². The van der Waals surface area contributed by atoms with Gasteiger partial charge in [0, 0.05) is 16.0 Å². The lowest BCUT2D eigenvalue weighted by Gasteiger charge is -2.00. The molecule has 1 aliphatic rings. The largest absolute Gasteiger partial charge is 0.481 e. The SMILES string of the molecule is O=C(O)C1CC1c1ncc(-c2cc(Br)ccc2F)[nH]1. The number of hydrogen-bond acceptors (Lipinski definition) is 2. The number of imidazole rings is 1. The Morgan fingerprint density at radius 2 is 2.32 bits per heavy atom. The second-order valence-corrected chi connectivity index (χ2v) is 5.51. The number of nitrogens with zero attached hydrogens (tertiary/aromatic N) is 1. The number of aromatic amines is 1. The fourth-order valence-corrected chi connectivity index (χ4v) is 2.50. The molecule has 2 unspecified atom stereocenters. The van der Waals surface area contributed by atoms with Gasteiger partial charge in [-0.3, -0.25) is 4.79 Å². The first-order chi connectivity index (χ1) is 9.06. The number of H-pyrrole nitrogens is 1. The van der Waals surface area contributed by atoms with E-state index in [2.05, 4.69) is 25.9 Å². The molecule has 3 rings (SSSR count). The Hall–Kier alpha value is -1.69. The lowest BCUT2D eigenvalue weighted by molar-refractivity contribution is -0.138. The monoisotopic (exact) mass is 324 g/mol. The smallest absolute Gasteiger partial charge is 0.307 e. The molecule has 1 aromatic carbocycles. The van der Waals surface area contributed by atoms with Crippen LogP contribution in [0.3, 0.4) is 0 Å². The van der Waals surface area contributed by atoms with Gasteiger partial charge in [-0.05, 0) is 24.6 Å². The maximum atomic E-state index is 13.7. The Labute approximate surface area is 116 Å². The number of nitrogens with one attached hydrogen (secondary N) is 1. The summed E-state index contributed by atoms with van der Waals surface area (Å²) in [5, 5.41) is 8.88. The average Bonchev–Trinajstić information content (AvgIpc) is 3.04. The van der Waals surface area contributed by atoms with Crippen LogP contribution in [0.5, 0.6) is 0 Å². The third kappa shape index (κ3) is 2.28. The number of carbonyl (C=O) groups is 1. The molecule has 1 heterocycles. The molecule has 0 spiro atoms. The third-order valence-electron chi connectivity index (χ3n) is 3.27. The molecular formula is C13H10BrFN2O2. The van der Waals surface area contributed by atoms with Crippen molar-refractivity contribution >= 4 is 21.9 Å². The Kier molecular flexibility index (Phi) is 2.89. The number of hydrogen-bond donors (Lipinski definition) is 2. The van der Waals surface area contributed by atoms with E-state index in [1.165, 1.54) is 12.3 Å². The van der Waals surface area contributed by atoms with Crippen molar-refractivity contribution in [2.24, 2.45) is 5.92 Å². The van der Waals surface area contributed by atoms with Crippen LogP contribution in [0.2, 0.25) is 0 Å². The summed E-state index contributed by atoms with van der Waals surface area (Å²) in [4.78, 5) is 18.0. The second-order valence-electron chi connectivity index (χ2n) is 4.59. The summed E-state index contributed by atoms with van der Waals surface area (Å²) in [6.45, 7) is 0. The van der Waals surface area contributed by atoms with Gasteiger partial charge >= 0.3 is 5.97 Å². The first-order valence-electron chi connectivity index (χ1n) is 5.79. The van der Waals surface area contributed by atoms with E-state index in [1.54, 1.807) is 12.1 Å². The van der Waals surface area contributed by atoms with Crippen LogP contribution in [0.15, 0.2) is 28.9 Å². The summed E-state index contributed by atoms with van der Waals surface area (Å²) in [7, 11) is 0. The summed E-state index contributed by atoms with van der Waals surface area (Å²) < 4.78 is 14.5. The summed E-state index contributed by atoms with van der Waals surface area (Å²) in [6.07, 6.45) is 2.13. The fraction of sp³-hybridized carbons (Fsp3) is 0.231. The zero-order chi connectivity index (χ0) is 13.6. The van der Waals surface area contributed by atoms with Crippen LogP contribution in [-0.2, 0) is 4.79 Å². The van der Waals surface area contributed by atoms with Crippen molar-refractivity contribution in [1.82, 2.24) is 9.97 Å². The highest BCUT2D eigenvalue weighted by atomic mass is 79.9. The van der Waals surface area contributed by atoms with Crippen LogP contribution in [0.4, 0.5) is 4.39 Å². The topological polar surface area (TPSA) is 66.0 Å². The first-order valence-corrected chi connectivity index (χ1v) is 6.58. The Morgan fingerprint density at radius 3 is 3.00 bits per heavy atom. The van der Waals surface area contributed by atoms with Crippen LogP contribution < -0.4 is 0 Å². The highest BCUT2D eigenvalue weighted by molar-refractivity contribution is 9.10. The van der Waals surface area contributed by atoms with Gasteiger partial charge in [0.25, 0.3) is 0 Å². The molecule has 2 N–H and O–H groups in total. The highest BCUT2D eigenvalue weighted by Crippen LogP contribution is 2.46. The molecule has 1 saturated carbocycles. The fourth-order valence-electron chi connectivity index (χ4n) is 2.14. The van der Waals surface area contributed by atoms with Gasteiger partial charge in [0.1, 0.15) is 11.6 Å². The molecule has 2 aromatic rings. The molecule has 19 heavy (non-hydrogen) atoms. The number of aromatic nitrogens is 2. The zero-order valence-corrected chi connectivity index (χ0v) is 11.3. The quantitative estimate of drug-likeness (QED) is 0.911. The van der Waals surface area contributed by atoms with E-state index in [4.69, 9.17) is 5.11 Å². The molecule has 0 radical (unpaired) electrons. The minimum atomic E-state index is -0.809. The van der Waals surface area contributed by atoms with Crippen LogP contribution in [0.1, 0.15) is 18.2 Å². The third-order valence-corrected chi connectivity index (χ3v) is 3.77. The van der Waals surface area contributed by atoms with E-state index in [9.17, 15) is 9.18 Å². The minimum absolute atomic E-state index is 0.0820. The maximum absolute atomic E-state index is 13.7. The van der Waals surface area contributed by atoms with Gasteiger partial charge in [-0.15, -0.1) is 0 Å². The van der Waals surface area contributed by atoms with Gasteiger partial charge < -0.3 is 10.1 Å². The van der Waals surface area contributed by atoms with Crippen molar-refractivity contribution in [2.45, 2.75) is 12.3 Å².